The molecular weight excluding hydrogens is 990 g/mol. The number of aromatic nitrogens is 3. The number of halogens is 1. The fraction of sp³-hybridized carbons (Fsp3) is 0.167. The molecule has 11 rings (SSSR count). The molecular formula is C60H50FIrN3O-2. The first-order valence-electron chi connectivity index (χ1n) is 22.5. The van der Waals surface area contributed by atoms with Crippen molar-refractivity contribution in [1.82, 2.24) is 14.5 Å². The molecule has 66 heavy (non-hydrogen) atoms. The molecule has 0 saturated heterocycles. The summed E-state index contributed by atoms with van der Waals surface area (Å²) in [7, 11) is 0. The second-order valence-corrected chi connectivity index (χ2v) is 18.6. The predicted octanol–water partition coefficient (Wildman–Crippen LogP) is 16.6. The van der Waals surface area contributed by atoms with E-state index in [-0.39, 0.29) is 43.2 Å². The molecule has 11 aromatic rings. The molecule has 1 radical (unpaired) electrons. The van der Waals surface area contributed by atoms with Crippen LogP contribution in [0.4, 0.5) is 4.39 Å². The fourth-order valence-corrected chi connectivity index (χ4v) is 9.08. The number of rotatable bonds is 6. The van der Waals surface area contributed by atoms with Gasteiger partial charge >= 0.3 is 0 Å². The average molecular weight is 1040 g/mol. The van der Waals surface area contributed by atoms with E-state index < -0.39 is 0 Å². The molecule has 0 unspecified atom stereocenters. The predicted molar refractivity (Wildman–Crippen MR) is 268 cm³/mol. The summed E-state index contributed by atoms with van der Waals surface area (Å²) in [5, 5.41) is 5.59. The summed E-state index contributed by atoms with van der Waals surface area (Å²) in [6.07, 6.45) is 1.87. The van der Waals surface area contributed by atoms with Crippen LogP contribution in [-0.4, -0.2) is 14.5 Å². The number of nitrogens with zero attached hydrogens (tertiary/aromatic N) is 3. The molecule has 6 heteroatoms. The monoisotopic (exact) mass is 1040 g/mol. The quantitative estimate of drug-likeness (QED) is 0.123. The first kappa shape index (κ1) is 44.5. The van der Waals surface area contributed by atoms with E-state index in [9.17, 15) is 0 Å². The van der Waals surface area contributed by atoms with Gasteiger partial charge in [-0.15, -0.1) is 48.0 Å². The van der Waals surface area contributed by atoms with Crippen molar-refractivity contribution < 1.29 is 28.9 Å². The van der Waals surface area contributed by atoms with Crippen LogP contribution in [-0.2, 0) is 25.5 Å². The van der Waals surface area contributed by atoms with Crippen molar-refractivity contribution in [3.05, 3.63) is 199 Å². The van der Waals surface area contributed by atoms with Gasteiger partial charge in [-0.3, -0.25) is 9.37 Å². The molecule has 0 atom stereocenters. The zero-order valence-electron chi connectivity index (χ0n) is 38.2. The Kier molecular flexibility index (Phi) is 12.1. The standard InChI is InChI=1S/C45H34FN2O.C15H16N.Ir/c1-26(2)34-23-31(28-12-6-5-7-13-28)24-35(27(3)4)43(34)48-40-17-11-10-16-39(40)47-45(48)33-20-21-38(46)42-37-22-30-19-18-29-14-8-9-15-32(29)36(30)25-41(37)49-44(33)42;1-15(2,3)13-9-10-16-14(11-13)12-7-5-4-6-8-12;/h5-19,21-27H,1-4H3;4-7,9-11H,1-3H3;/q2*-1;. The Morgan fingerprint density at radius 2 is 1.35 bits per heavy atom. The maximum Gasteiger partial charge on any atom is 0.121 e. The summed E-state index contributed by atoms with van der Waals surface area (Å²) in [5.41, 5.74) is 13.0. The number of benzene rings is 8. The Morgan fingerprint density at radius 3 is 2.08 bits per heavy atom. The second kappa shape index (κ2) is 17.9. The summed E-state index contributed by atoms with van der Waals surface area (Å²) in [5.74, 6) is 0.751. The van der Waals surface area contributed by atoms with Gasteiger partial charge in [-0.2, -0.15) is 0 Å². The van der Waals surface area contributed by atoms with Gasteiger partial charge in [-0.05, 0) is 120 Å². The zero-order chi connectivity index (χ0) is 45.0. The molecule has 0 bridgehead atoms. The van der Waals surface area contributed by atoms with Gasteiger partial charge in [0.1, 0.15) is 5.58 Å². The number of imidazole rings is 1. The molecule has 0 saturated carbocycles. The van der Waals surface area contributed by atoms with E-state index >= 15 is 4.39 Å². The van der Waals surface area contributed by atoms with Crippen LogP contribution in [0.25, 0.3) is 94.0 Å². The van der Waals surface area contributed by atoms with Crippen LogP contribution in [0, 0.1) is 17.9 Å². The van der Waals surface area contributed by atoms with Gasteiger partial charge in [0.2, 0.25) is 0 Å². The van der Waals surface area contributed by atoms with Crippen molar-refractivity contribution in [2.75, 3.05) is 0 Å². The largest absolute Gasteiger partial charge is 0.500 e. The molecule has 0 aliphatic heterocycles. The Morgan fingerprint density at radius 1 is 0.652 bits per heavy atom. The summed E-state index contributed by atoms with van der Waals surface area (Å²) in [4.78, 5) is 9.63. The molecule has 329 valence electrons. The van der Waals surface area contributed by atoms with E-state index in [4.69, 9.17) is 9.40 Å². The maximum atomic E-state index is 16.0. The third-order valence-electron chi connectivity index (χ3n) is 12.5. The Labute approximate surface area is 399 Å². The van der Waals surface area contributed by atoms with Crippen LogP contribution >= 0.6 is 0 Å². The van der Waals surface area contributed by atoms with Crippen LogP contribution in [0.15, 0.2) is 168 Å². The van der Waals surface area contributed by atoms with Crippen LogP contribution < -0.4 is 0 Å². The number of furan rings is 1. The van der Waals surface area contributed by atoms with E-state index in [0.29, 0.717) is 27.9 Å². The van der Waals surface area contributed by atoms with Crippen molar-refractivity contribution in [2.45, 2.75) is 65.7 Å². The molecule has 0 spiro atoms. The minimum absolute atomic E-state index is 0. The van der Waals surface area contributed by atoms with Gasteiger partial charge < -0.3 is 14.0 Å². The van der Waals surface area contributed by atoms with E-state index in [1.807, 2.05) is 60.8 Å². The van der Waals surface area contributed by atoms with E-state index in [2.05, 4.69) is 167 Å². The summed E-state index contributed by atoms with van der Waals surface area (Å²) >= 11 is 0. The fourth-order valence-electron chi connectivity index (χ4n) is 9.08. The normalized spacial score (nSPS) is 11.8. The average Bonchev–Trinajstić information content (AvgIpc) is 3.90. The molecule has 8 aromatic carbocycles. The smallest absolute Gasteiger partial charge is 0.121 e. The number of para-hydroxylation sites is 2. The molecule has 0 aliphatic carbocycles. The Bertz CT molecular complexity index is 3520. The van der Waals surface area contributed by atoms with E-state index in [0.717, 1.165) is 54.9 Å². The molecule has 3 aromatic heterocycles. The van der Waals surface area contributed by atoms with Gasteiger partial charge in [0.25, 0.3) is 0 Å². The molecule has 0 aliphatic rings. The number of hydrogen-bond acceptors (Lipinski definition) is 3. The van der Waals surface area contributed by atoms with Crippen LogP contribution in [0.2, 0.25) is 0 Å². The summed E-state index contributed by atoms with van der Waals surface area (Å²) < 4.78 is 24.9. The number of hydrogen-bond donors (Lipinski definition) is 0. The van der Waals surface area contributed by atoms with E-state index in [1.54, 1.807) is 0 Å². The van der Waals surface area contributed by atoms with Crippen LogP contribution in [0.5, 0.6) is 0 Å². The zero-order valence-corrected chi connectivity index (χ0v) is 40.6. The third-order valence-corrected chi connectivity index (χ3v) is 12.5. The first-order valence-corrected chi connectivity index (χ1v) is 22.5. The Hall–Kier alpha value is -6.72. The van der Waals surface area contributed by atoms with Crippen molar-refractivity contribution in [3.63, 3.8) is 0 Å². The van der Waals surface area contributed by atoms with E-state index in [1.165, 1.54) is 33.9 Å². The van der Waals surface area contributed by atoms with Crippen molar-refractivity contribution in [1.29, 1.82) is 0 Å². The van der Waals surface area contributed by atoms with Gasteiger partial charge in [-0.25, -0.2) is 0 Å². The first-order chi connectivity index (χ1) is 31.4. The minimum atomic E-state index is -0.363. The molecule has 0 N–H and O–H groups in total. The van der Waals surface area contributed by atoms with Gasteiger partial charge in [0.15, 0.2) is 0 Å². The van der Waals surface area contributed by atoms with Gasteiger partial charge in [-0.1, -0.05) is 139 Å². The van der Waals surface area contributed by atoms with Crippen molar-refractivity contribution in [2.24, 2.45) is 0 Å². The van der Waals surface area contributed by atoms with Gasteiger partial charge in [0.05, 0.1) is 22.4 Å². The van der Waals surface area contributed by atoms with Crippen molar-refractivity contribution >= 4 is 54.5 Å². The van der Waals surface area contributed by atoms with Crippen molar-refractivity contribution in [3.8, 4) is 39.5 Å². The molecule has 0 fully saturated rings. The summed E-state index contributed by atoms with van der Waals surface area (Å²) in [6, 6.07) is 60.1. The summed E-state index contributed by atoms with van der Waals surface area (Å²) in [6.45, 7) is 15.6. The molecule has 4 nitrogen and oxygen atoms in total. The third kappa shape index (κ3) is 8.14. The topological polar surface area (TPSA) is 43.9 Å². The van der Waals surface area contributed by atoms with Gasteiger partial charge in [0, 0.05) is 43.2 Å². The van der Waals surface area contributed by atoms with Crippen LogP contribution in [0.3, 0.4) is 0 Å². The minimum Gasteiger partial charge on any atom is -0.500 e. The Balaban J connectivity index is 0.000000273. The number of pyridine rings is 1. The number of fused-ring (bicyclic) bond motifs is 7. The maximum absolute atomic E-state index is 16.0. The van der Waals surface area contributed by atoms with Crippen LogP contribution in [0.1, 0.15) is 77.0 Å². The molecule has 0 amide bonds. The molecule has 3 heterocycles. The second-order valence-electron chi connectivity index (χ2n) is 18.6. The SMILES string of the molecule is CC(C)(C)c1ccnc(-c2[c-]cccc2)c1.CC(C)c1cc(-c2ccccc2)cc(C(C)C)c1-n1c(-c2[c-]cc(F)c3c2oc2cc4c(ccc5ccccc54)cc23)nc2ccccc21.[Ir].